The van der Waals surface area contributed by atoms with Crippen LogP contribution in [-0.4, -0.2) is 107 Å². The highest BCUT2D eigenvalue weighted by Gasteiger charge is 2.32. The third-order valence-corrected chi connectivity index (χ3v) is 6.78. The van der Waals surface area contributed by atoms with Crippen LogP contribution < -0.4 is 19.7 Å². The van der Waals surface area contributed by atoms with Crippen molar-refractivity contribution in [2.75, 3.05) is 58.5 Å². The van der Waals surface area contributed by atoms with E-state index in [-0.39, 0.29) is 36.5 Å². The molecule has 42 heavy (non-hydrogen) atoms. The molecule has 0 saturated carbocycles. The van der Waals surface area contributed by atoms with Crippen LogP contribution >= 0.6 is 11.6 Å². The molecule has 0 bridgehead atoms. The summed E-state index contributed by atoms with van der Waals surface area (Å²) in [5, 5.41) is 12.0. The smallest absolute Gasteiger partial charge is 0.329 e. The number of aliphatic carboxylic acids is 1. The fourth-order valence-corrected chi connectivity index (χ4v) is 4.75. The number of nitrogens with zero attached hydrogens (tertiary/aromatic N) is 6. The van der Waals surface area contributed by atoms with Crippen LogP contribution in [0.1, 0.15) is 12.0 Å². The van der Waals surface area contributed by atoms with Crippen molar-refractivity contribution in [2.45, 2.75) is 18.9 Å². The van der Waals surface area contributed by atoms with E-state index >= 15 is 0 Å². The van der Waals surface area contributed by atoms with E-state index in [1.165, 1.54) is 0 Å². The van der Waals surface area contributed by atoms with E-state index in [0.717, 1.165) is 5.56 Å². The fourth-order valence-electron chi connectivity index (χ4n) is 4.58. The van der Waals surface area contributed by atoms with Gasteiger partial charge in [0.25, 0.3) is 0 Å². The Balaban J connectivity index is 1.46. The number of aromatic nitrogens is 4. The molecule has 2 aromatic heterocycles. The Kier molecular flexibility index (Phi) is 10.5. The molecule has 0 spiro atoms. The SMILES string of the molecule is COc1ccc(CCNC(=O)CC2CN(C(=O)COCC(=O)O)CCN2c2cc(Cl)nc(-n3ccnc3)n2)cc1OC. The molecule has 1 unspecified atom stereocenters. The molecule has 1 fully saturated rings. The highest BCUT2D eigenvalue weighted by molar-refractivity contribution is 6.29. The monoisotopic (exact) mass is 601 g/mol. The topological polar surface area (TPSA) is 161 Å². The molecule has 14 nitrogen and oxygen atoms in total. The van der Waals surface area contributed by atoms with Gasteiger partial charge < -0.3 is 34.4 Å². The number of imidazole rings is 1. The predicted molar refractivity (Wildman–Crippen MR) is 151 cm³/mol. The summed E-state index contributed by atoms with van der Waals surface area (Å²) in [5.74, 6) is 0.298. The summed E-state index contributed by atoms with van der Waals surface area (Å²) in [6.07, 6.45) is 5.46. The third-order valence-electron chi connectivity index (χ3n) is 6.59. The largest absolute Gasteiger partial charge is 0.493 e. The number of hydrogen-bond donors (Lipinski definition) is 2. The molecule has 224 valence electrons. The van der Waals surface area contributed by atoms with Gasteiger partial charge in [0, 0.05) is 51.1 Å². The van der Waals surface area contributed by atoms with Crippen molar-refractivity contribution in [1.29, 1.82) is 0 Å². The van der Waals surface area contributed by atoms with Gasteiger partial charge in [-0.3, -0.25) is 14.2 Å². The Morgan fingerprint density at radius 2 is 1.90 bits per heavy atom. The molecule has 2 amide bonds. The number of carbonyl (C=O) groups excluding carboxylic acids is 2. The molecule has 1 saturated heterocycles. The van der Waals surface area contributed by atoms with Gasteiger partial charge in [-0.1, -0.05) is 17.7 Å². The van der Waals surface area contributed by atoms with Gasteiger partial charge >= 0.3 is 5.97 Å². The maximum atomic E-state index is 13.1. The Morgan fingerprint density at radius 3 is 2.62 bits per heavy atom. The van der Waals surface area contributed by atoms with Crippen LogP contribution in [0.3, 0.4) is 0 Å². The Labute approximate surface area is 247 Å². The maximum Gasteiger partial charge on any atom is 0.329 e. The number of amides is 2. The number of nitrogens with one attached hydrogen (secondary N) is 1. The molecule has 1 aliphatic heterocycles. The zero-order chi connectivity index (χ0) is 30.1. The summed E-state index contributed by atoms with van der Waals surface area (Å²) < 4.78 is 17.2. The lowest BCUT2D eigenvalue weighted by Crippen LogP contribution is -2.57. The van der Waals surface area contributed by atoms with Crippen molar-refractivity contribution in [3.05, 3.63) is 53.7 Å². The van der Waals surface area contributed by atoms with Crippen LogP contribution in [0.4, 0.5) is 5.82 Å². The van der Waals surface area contributed by atoms with Gasteiger partial charge in [0.15, 0.2) is 11.5 Å². The van der Waals surface area contributed by atoms with Crippen molar-refractivity contribution in [1.82, 2.24) is 29.7 Å². The van der Waals surface area contributed by atoms with Crippen molar-refractivity contribution in [3.8, 4) is 17.4 Å². The standard InChI is InChI=1S/C27H32ClN7O7/c1-40-20-4-3-18(11-21(20)41-2)5-6-30-24(36)12-19-14-33(25(37)15-42-16-26(38)39)9-10-35(19)23-13-22(28)31-27(32-23)34-8-7-29-17-34/h3-4,7-8,11,13,17,19H,5-6,9-10,12,14-16H2,1-2H3,(H,30,36)(H,38,39). The average Bonchev–Trinajstić information content (AvgIpc) is 3.52. The van der Waals surface area contributed by atoms with E-state index in [0.29, 0.717) is 49.3 Å². The second-order valence-electron chi connectivity index (χ2n) is 9.39. The maximum absolute atomic E-state index is 13.1. The molecule has 15 heteroatoms. The number of hydrogen-bond acceptors (Lipinski definition) is 10. The number of anilines is 1. The number of carboxylic acids is 1. The highest BCUT2D eigenvalue weighted by Crippen LogP contribution is 2.28. The molecule has 1 atom stereocenters. The van der Waals surface area contributed by atoms with Crippen LogP contribution in [0.5, 0.6) is 11.5 Å². The summed E-state index contributed by atoms with van der Waals surface area (Å²) in [5.41, 5.74) is 0.966. The van der Waals surface area contributed by atoms with E-state index in [1.807, 2.05) is 23.1 Å². The minimum atomic E-state index is -1.16. The number of benzene rings is 1. The molecular weight excluding hydrogens is 570 g/mol. The number of halogens is 1. The molecule has 3 aromatic rings. The van der Waals surface area contributed by atoms with Gasteiger partial charge in [-0.25, -0.2) is 14.8 Å². The first-order chi connectivity index (χ1) is 20.3. The first-order valence-electron chi connectivity index (χ1n) is 13.1. The number of methoxy groups -OCH3 is 2. The fraction of sp³-hybridized carbons (Fsp3) is 0.407. The second kappa shape index (κ2) is 14.5. The summed E-state index contributed by atoms with van der Waals surface area (Å²) in [4.78, 5) is 53.0. The third kappa shape index (κ3) is 8.07. The molecule has 2 N–H and O–H groups in total. The number of piperazine rings is 1. The van der Waals surface area contributed by atoms with Gasteiger partial charge in [-0.15, -0.1) is 0 Å². The number of carboxylic acid groups (broad SMARTS) is 1. The zero-order valence-corrected chi connectivity index (χ0v) is 24.0. The Hall–Kier alpha value is -4.43. The van der Waals surface area contributed by atoms with Crippen molar-refractivity contribution in [2.24, 2.45) is 0 Å². The van der Waals surface area contributed by atoms with Gasteiger partial charge in [-0.2, -0.15) is 4.98 Å². The quantitative estimate of drug-likeness (QED) is 0.271. The van der Waals surface area contributed by atoms with Crippen LogP contribution in [0.25, 0.3) is 5.95 Å². The minimum absolute atomic E-state index is 0.0632. The minimum Gasteiger partial charge on any atom is -0.493 e. The van der Waals surface area contributed by atoms with E-state index in [1.54, 1.807) is 48.5 Å². The van der Waals surface area contributed by atoms with E-state index < -0.39 is 18.6 Å². The Morgan fingerprint density at radius 1 is 1.10 bits per heavy atom. The lowest BCUT2D eigenvalue weighted by atomic mass is 10.1. The average molecular weight is 602 g/mol. The van der Waals surface area contributed by atoms with E-state index in [9.17, 15) is 14.4 Å². The van der Waals surface area contributed by atoms with Gasteiger partial charge in [0.2, 0.25) is 17.8 Å². The number of rotatable bonds is 13. The molecule has 0 aliphatic carbocycles. The first kappa shape index (κ1) is 30.5. The predicted octanol–water partition coefficient (Wildman–Crippen LogP) is 1.20. The molecule has 1 aliphatic rings. The summed E-state index contributed by atoms with van der Waals surface area (Å²) >= 11 is 6.33. The molecule has 1 aromatic carbocycles. The summed E-state index contributed by atoms with van der Waals surface area (Å²) in [6.45, 7) is 0.297. The first-order valence-corrected chi connectivity index (χ1v) is 13.5. The van der Waals surface area contributed by atoms with Gasteiger partial charge in [0.1, 0.15) is 30.5 Å². The number of ether oxygens (including phenoxy) is 3. The van der Waals surface area contributed by atoms with Crippen LogP contribution in [-0.2, 0) is 25.5 Å². The normalized spacial score (nSPS) is 14.9. The van der Waals surface area contributed by atoms with Crippen molar-refractivity contribution >= 4 is 35.2 Å². The lowest BCUT2D eigenvalue weighted by Gasteiger charge is -2.42. The highest BCUT2D eigenvalue weighted by atomic mass is 35.5. The second-order valence-corrected chi connectivity index (χ2v) is 9.77. The lowest BCUT2D eigenvalue weighted by molar-refractivity contribution is -0.146. The molecule has 0 radical (unpaired) electrons. The van der Waals surface area contributed by atoms with Crippen molar-refractivity contribution in [3.63, 3.8) is 0 Å². The summed E-state index contributed by atoms with van der Waals surface area (Å²) in [6, 6.07) is 6.73. The van der Waals surface area contributed by atoms with Crippen molar-refractivity contribution < 1.29 is 33.7 Å². The number of carbonyl (C=O) groups is 3. The summed E-state index contributed by atoms with van der Waals surface area (Å²) in [7, 11) is 3.13. The van der Waals surface area contributed by atoms with Crippen LogP contribution in [0.15, 0.2) is 43.0 Å². The molecular formula is C27H32ClN7O7. The van der Waals surface area contributed by atoms with Crippen LogP contribution in [0, 0.1) is 0 Å². The van der Waals surface area contributed by atoms with Gasteiger partial charge in [-0.05, 0) is 24.1 Å². The Bertz CT molecular complexity index is 1390. The zero-order valence-electron chi connectivity index (χ0n) is 23.2. The van der Waals surface area contributed by atoms with Crippen LogP contribution in [0.2, 0.25) is 5.15 Å². The van der Waals surface area contributed by atoms with E-state index in [4.69, 9.17) is 30.9 Å². The van der Waals surface area contributed by atoms with Gasteiger partial charge in [0.05, 0.1) is 20.3 Å². The molecule has 4 rings (SSSR count). The molecule has 3 heterocycles. The van der Waals surface area contributed by atoms with E-state index in [2.05, 4.69) is 20.3 Å².